The number of rotatable bonds is 4. The molecule has 0 bridgehead atoms. The van der Waals surface area contributed by atoms with Crippen LogP contribution in [0.25, 0.3) is 0 Å². The Balaban J connectivity index is 1.80. The first-order chi connectivity index (χ1) is 8.72. The van der Waals surface area contributed by atoms with Gasteiger partial charge in [-0.15, -0.1) is 0 Å². The molecule has 1 aliphatic rings. The van der Waals surface area contributed by atoms with Gasteiger partial charge in [0.15, 0.2) is 0 Å². The average molecular weight is 246 g/mol. The van der Waals surface area contributed by atoms with E-state index in [1.807, 2.05) is 23.9 Å². The lowest BCUT2D eigenvalue weighted by atomic mass is 10.0. The van der Waals surface area contributed by atoms with Crippen molar-refractivity contribution in [3.63, 3.8) is 0 Å². The molecule has 18 heavy (non-hydrogen) atoms. The average Bonchev–Trinajstić information content (AvgIpc) is 2.77. The first-order valence-corrected chi connectivity index (χ1v) is 6.74. The second-order valence-corrected chi connectivity index (χ2v) is 5.05. The highest BCUT2D eigenvalue weighted by Crippen LogP contribution is 2.11. The van der Waals surface area contributed by atoms with Crippen molar-refractivity contribution in [2.75, 3.05) is 19.6 Å². The van der Waals surface area contributed by atoms with E-state index in [0.717, 1.165) is 18.8 Å². The van der Waals surface area contributed by atoms with Crippen LogP contribution in [0.15, 0.2) is 12.3 Å². The molecular formula is C14H22N4. The number of hydrogen-bond donors (Lipinski definition) is 1. The minimum Gasteiger partial charge on any atom is -0.342 e. The van der Waals surface area contributed by atoms with Gasteiger partial charge in [0.25, 0.3) is 0 Å². The van der Waals surface area contributed by atoms with Crippen LogP contribution in [0, 0.1) is 11.3 Å². The van der Waals surface area contributed by atoms with Crippen molar-refractivity contribution in [2.45, 2.75) is 32.4 Å². The standard InChI is InChI=1S/C14H22N4/c1-3-18-6-4-13(5-7-18)16-10-12-8-14(9-15)17(2)11-12/h8,11,13,16H,3-7,10H2,1-2H3. The number of aryl methyl sites for hydroxylation is 1. The Labute approximate surface area is 109 Å². The molecule has 1 N–H and O–H groups in total. The van der Waals surface area contributed by atoms with E-state index < -0.39 is 0 Å². The molecule has 1 saturated heterocycles. The minimum absolute atomic E-state index is 0.624. The predicted molar refractivity (Wildman–Crippen MR) is 72.1 cm³/mol. The fraction of sp³-hybridized carbons (Fsp3) is 0.643. The molecule has 2 rings (SSSR count). The van der Waals surface area contributed by atoms with E-state index in [1.54, 1.807) is 0 Å². The van der Waals surface area contributed by atoms with Gasteiger partial charge in [0.2, 0.25) is 0 Å². The van der Waals surface area contributed by atoms with Crippen LogP contribution in [0.2, 0.25) is 0 Å². The van der Waals surface area contributed by atoms with E-state index in [1.165, 1.54) is 31.5 Å². The summed E-state index contributed by atoms with van der Waals surface area (Å²) in [6.07, 6.45) is 4.49. The monoisotopic (exact) mass is 246 g/mol. The molecular weight excluding hydrogens is 224 g/mol. The Hall–Kier alpha value is -1.31. The third-order valence-electron chi connectivity index (χ3n) is 3.81. The molecule has 4 heteroatoms. The third kappa shape index (κ3) is 3.12. The van der Waals surface area contributed by atoms with Gasteiger partial charge in [-0.3, -0.25) is 0 Å². The second-order valence-electron chi connectivity index (χ2n) is 5.05. The smallest absolute Gasteiger partial charge is 0.120 e. The lowest BCUT2D eigenvalue weighted by Gasteiger charge is -2.31. The number of nitrogens with one attached hydrogen (secondary N) is 1. The van der Waals surface area contributed by atoms with Crippen molar-refractivity contribution in [3.8, 4) is 6.07 Å². The summed E-state index contributed by atoms with van der Waals surface area (Å²) in [6, 6.07) is 4.79. The predicted octanol–water partition coefficient (Wildman–Crippen LogP) is 1.47. The summed E-state index contributed by atoms with van der Waals surface area (Å²) in [7, 11) is 1.92. The van der Waals surface area contributed by atoms with Crippen molar-refractivity contribution in [1.29, 1.82) is 5.26 Å². The van der Waals surface area contributed by atoms with E-state index >= 15 is 0 Å². The highest BCUT2D eigenvalue weighted by Gasteiger charge is 2.17. The van der Waals surface area contributed by atoms with Gasteiger partial charge < -0.3 is 14.8 Å². The molecule has 1 aromatic heterocycles. The maximum absolute atomic E-state index is 8.91. The first kappa shape index (κ1) is 13.1. The fourth-order valence-electron chi connectivity index (χ4n) is 2.56. The van der Waals surface area contributed by atoms with Crippen LogP contribution in [-0.4, -0.2) is 35.1 Å². The number of hydrogen-bond acceptors (Lipinski definition) is 3. The summed E-state index contributed by atoms with van der Waals surface area (Å²) in [6.45, 7) is 6.66. The molecule has 0 saturated carbocycles. The number of nitriles is 1. The Kier molecular flexibility index (Phi) is 4.40. The highest BCUT2D eigenvalue weighted by molar-refractivity contribution is 5.28. The van der Waals surface area contributed by atoms with Crippen molar-refractivity contribution >= 4 is 0 Å². The summed E-state index contributed by atoms with van der Waals surface area (Å²) in [5.74, 6) is 0. The van der Waals surface area contributed by atoms with Gasteiger partial charge in [0, 0.05) is 25.8 Å². The Morgan fingerprint density at radius 1 is 1.44 bits per heavy atom. The number of likely N-dealkylation sites (tertiary alicyclic amines) is 1. The van der Waals surface area contributed by atoms with E-state index in [-0.39, 0.29) is 0 Å². The lowest BCUT2D eigenvalue weighted by molar-refractivity contribution is 0.206. The van der Waals surface area contributed by atoms with Crippen molar-refractivity contribution < 1.29 is 0 Å². The highest BCUT2D eigenvalue weighted by atomic mass is 15.1. The molecule has 4 nitrogen and oxygen atoms in total. The molecule has 0 amide bonds. The van der Waals surface area contributed by atoms with Gasteiger partial charge in [-0.1, -0.05) is 6.92 Å². The van der Waals surface area contributed by atoms with Crippen molar-refractivity contribution in [3.05, 3.63) is 23.5 Å². The summed E-state index contributed by atoms with van der Waals surface area (Å²) >= 11 is 0. The molecule has 0 radical (unpaired) electrons. The first-order valence-electron chi connectivity index (χ1n) is 6.74. The van der Waals surface area contributed by atoms with Gasteiger partial charge >= 0.3 is 0 Å². The molecule has 98 valence electrons. The summed E-state index contributed by atoms with van der Waals surface area (Å²) in [4.78, 5) is 2.49. The minimum atomic E-state index is 0.624. The maximum atomic E-state index is 8.91. The molecule has 0 aromatic carbocycles. The largest absolute Gasteiger partial charge is 0.342 e. The molecule has 1 aromatic rings. The summed E-state index contributed by atoms with van der Waals surface area (Å²) in [5.41, 5.74) is 1.93. The molecule has 0 aliphatic carbocycles. The molecule has 0 unspecified atom stereocenters. The second kappa shape index (κ2) is 6.03. The zero-order chi connectivity index (χ0) is 13.0. The van der Waals surface area contributed by atoms with E-state index in [9.17, 15) is 0 Å². The van der Waals surface area contributed by atoms with Crippen LogP contribution >= 0.6 is 0 Å². The third-order valence-corrected chi connectivity index (χ3v) is 3.81. The zero-order valence-electron chi connectivity index (χ0n) is 11.3. The Morgan fingerprint density at radius 2 is 2.17 bits per heavy atom. The maximum Gasteiger partial charge on any atom is 0.120 e. The van der Waals surface area contributed by atoms with Gasteiger partial charge in [-0.25, -0.2) is 0 Å². The SMILES string of the molecule is CCN1CCC(NCc2cc(C#N)n(C)c2)CC1. The van der Waals surface area contributed by atoms with Crippen molar-refractivity contribution in [1.82, 2.24) is 14.8 Å². The van der Waals surface area contributed by atoms with E-state index in [0.29, 0.717) is 6.04 Å². The fourth-order valence-corrected chi connectivity index (χ4v) is 2.56. The quantitative estimate of drug-likeness (QED) is 0.875. The van der Waals surface area contributed by atoms with Crippen LogP contribution in [0.5, 0.6) is 0 Å². The van der Waals surface area contributed by atoms with E-state index in [4.69, 9.17) is 5.26 Å². The van der Waals surface area contributed by atoms with Crippen LogP contribution in [-0.2, 0) is 13.6 Å². The Bertz CT molecular complexity index is 421. The van der Waals surface area contributed by atoms with Gasteiger partial charge in [0.05, 0.1) is 0 Å². The van der Waals surface area contributed by atoms with Gasteiger partial charge in [-0.05, 0) is 44.1 Å². The molecule has 1 fully saturated rings. The van der Waals surface area contributed by atoms with Crippen molar-refractivity contribution in [2.24, 2.45) is 7.05 Å². The van der Waals surface area contributed by atoms with E-state index in [2.05, 4.69) is 23.2 Å². The molecule has 0 spiro atoms. The molecule has 2 heterocycles. The molecule has 1 aliphatic heterocycles. The zero-order valence-corrected chi connectivity index (χ0v) is 11.3. The molecule has 0 atom stereocenters. The number of nitrogens with zero attached hydrogens (tertiary/aromatic N) is 3. The Morgan fingerprint density at radius 3 is 2.72 bits per heavy atom. The topological polar surface area (TPSA) is 44.0 Å². The number of piperidine rings is 1. The van der Waals surface area contributed by atoms with Gasteiger partial charge in [0.1, 0.15) is 11.8 Å². The van der Waals surface area contributed by atoms with Crippen LogP contribution in [0.3, 0.4) is 0 Å². The normalized spacial score (nSPS) is 17.8. The van der Waals surface area contributed by atoms with Crippen LogP contribution < -0.4 is 5.32 Å². The van der Waals surface area contributed by atoms with Crippen LogP contribution in [0.4, 0.5) is 0 Å². The summed E-state index contributed by atoms with van der Waals surface area (Å²) < 4.78 is 1.89. The van der Waals surface area contributed by atoms with Crippen LogP contribution in [0.1, 0.15) is 31.0 Å². The number of aromatic nitrogens is 1. The summed E-state index contributed by atoms with van der Waals surface area (Å²) in [5, 5.41) is 12.5. The lowest BCUT2D eigenvalue weighted by Crippen LogP contribution is -2.42. The van der Waals surface area contributed by atoms with Gasteiger partial charge in [-0.2, -0.15) is 5.26 Å².